The molecule has 0 aromatic heterocycles. The molecule has 0 aliphatic heterocycles. The van der Waals surface area contributed by atoms with Crippen LogP contribution in [-0.2, 0) is 0 Å². The number of hydrogen-bond donors (Lipinski definition) is 0. The Morgan fingerprint density at radius 1 is 1.18 bits per heavy atom. The molecule has 0 rings (SSSR count). The van der Waals surface area contributed by atoms with Gasteiger partial charge in [-0.25, -0.2) is 0 Å². The topological polar surface area (TPSA) is 0 Å². The van der Waals surface area contributed by atoms with Crippen LogP contribution in [0.2, 0.25) is 0 Å². The van der Waals surface area contributed by atoms with Gasteiger partial charge < -0.3 is 0 Å². The van der Waals surface area contributed by atoms with Gasteiger partial charge >= 0.3 is 0 Å². The van der Waals surface area contributed by atoms with Gasteiger partial charge in [-0.05, 0) is 27.2 Å². The van der Waals surface area contributed by atoms with Gasteiger partial charge in [-0.15, -0.1) is 0 Å². The zero-order valence-electron chi connectivity index (χ0n) is 8.07. The van der Waals surface area contributed by atoms with Gasteiger partial charge in [-0.1, -0.05) is 42.4 Å². The SMILES string of the molecule is C=C(/C=C(/C)C=C(C)C)CC. The summed E-state index contributed by atoms with van der Waals surface area (Å²) >= 11 is 0. The zero-order chi connectivity index (χ0) is 8.85. The van der Waals surface area contributed by atoms with Crippen LogP contribution in [0.5, 0.6) is 0 Å². The first-order chi connectivity index (χ1) is 5.06. The van der Waals surface area contributed by atoms with Crippen molar-refractivity contribution in [3.8, 4) is 0 Å². The van der Waals surface area contributed by atoms with Crippen LogP contribution in [-0.4, -0.2) is 0 Å². The fourth-order valence-electron chi connectivity index (χ4n) is 0.921. The Balaban J connectivity index is 4.23. The van der Waals surface area contributed by atoms with Gasteiger partial charge in [0.15, 0.2) is 0 Å². The Bertz CT molecular complexity index is 188. The maximum absolute atomic E-state index is 3.91. The molecule has 11 heavy (non-hydrogen) atoms. The maximum atomic E-state index is 3.91. The predicted molar refractivity (Wildman–Crippen MR) is 52.6 cm³/mol. The van der Waals surface area contributed by atoms with Crippen LogP contribution in [0, 0.1) is 0 Å². The van der Waals surface area contributed by atoms with Gasteiger partial charge in [0.2, 0.25) is 0 Å². The second-order valence-corrected chi connectivity index (χ2v) is 3.12. The van der Waals surface area contributed by atoms with E-state index in [4.69, 9.17) is 0 Å². The van der Waals surface area contributed by atoms with Crippen molar-refractivity contribution < 1.29 is 0 Å². The summed E-state index contributed by atoms with van der Waals surface area (Å²) < 4.78 is 0. The van der Waals surface area contributed by atoms with E-state index in [1.165, 1.54) is 16.7 Å². The summed E-state index contributed by atoms with van der Waals surface area (Å²) in [5.74, 6) is 0. The van der Waals surface area contributed by atoms with Crippen LogP contribution in [0.25, 0.3) is 0 Å². The quantitative estimate of drug-likeness (QED) is 0.536. The maximum Gasteiger partial charge on any atom is -0.0313 e. The summed E-state index contributed by atoms with van der Waals surface area (Å²) in [6.45, 7) is 12.3. The third-order valence-electron chi connectivity index (χ3n) is 1.40. The van der Waals surface area contributed by atoms with Gasteiger partial charge in [0.25, 0.3) is 0 Å². The average Bonchev–Trinajstić information content (AvgIpc) is 1.85. The molecule has 0 spiro atoms. The fraction of sp³-hybridized carbons (Fsp3) is 0.455. The van der Waals surface area contributed by atoms with E-state index in [2.05, 4.69) is 46.4 Å². The highest BCUT2D eigenvalue weighted by molar-refractivity contribution is 5.28. The standard InChI is InChI=1S/C11H18/c1-6-10(4)8-11(5)7-9(2)3/h7-8H,4,6H2,1-3,5H3/b11-8-. The molecule has 0 amide bonds. The van der Waals surface area contributed by atoms with Gasteiger partial charge in [0, 0.05) is 0 Å². The lowest BCUT2D eigenvalue weighted by Crippen LogP contribution is -1.75. The summed E-state index contributed by atoms with van der Waals surface area (Å²) in [5, 5.41) is 0. The van der Waals surface area contributed by atoms with E-state index in [-0.39, 0.29) is 0 Å². The van der Waals surface area contributed by atoms with E-state index >= 15 is 0 Å². The number of hydrogen-bond acceptors (Lipinski definition) is 0. The van der Waals surface area contributed by atoms with Gasteiger partial charge in [-0.2, -0.15) is 0 Å². The van der Waals surface area contributed by atoms with Crippen LogP contribution >= 0.6 is 0 Å². The molecule has 0 nitrogen and oxygen atoms in total. The van der Waals surface area contributed by atoms with Gasteiger partial charge in [0.05, 0.1) is 0 Å². The minimum atomic E-state index is 1.04. The molecule has 0 aliphatic rings. The second-order valence-electron chi connectivity index (χ2n) is 3.12. The third-order valence-corrected chi connectivity index (χ3v) is 1.40. The van der Waals surface area contributed by atoms with Crippen LogP contribution < -0.4 is 0 Å². The molecule has 0 saturated heterocycles. The summed E-state index contributed by atoms with van der Waals surface area (Å²) in [5.41, 5.74) is 3.82. The van der Waals surface area contributed by atoms with Crippen molar-refractivity contribution in [1.29, 1.82) is 0 Å². The second kappa shape index (κ2) is 4.95. The highest BCUT2D eigenvalue weighted by Crippen LogP contribution is 2.06. The lowest BCUT2D eigenvalue weighted by molar-refractivity contribution is 1.15. The van der Waals surface area contributed by atoms with E-state index in [1.54, 1.807) is 0 Å². The molecule has 0 aliphatic carbocycles. The minimum absolute atomic E-state index is 1.04. The number of allylic oxidation sites excluding steroid dienone is 5. The van der Waals surface area contributed by atoms with Crippen molar-refractivity contribution >= 4 is 0 Å². The molecule has 0 atom stereocenters. The first-order valence-corrected chi connectivity index (χ1v) is 4.07. The molecule has 0 saturated carbocycles. The molecular formula is C11H18. The molecule has 0 N–H and O–H groups in total. The molecule has 0 fully saturated rings. The van der Waals surface area contributed by atoms with Gasteiger partial charge in [0.1, 0.15) is 0 Å². The molecule has 0 aromatic rings. The summed E-state index contributed by atoms with van der Waals surface area (Å²) in [7, 11) is 0. The first-order valence-electron chi connectivity index (χ1n) is 4.07. The third kappa shape index (κ3) is 5.65. The summed E-state index contributed by atoms with van der Waals surface area (Å²) in [6.07, 6.45) is 5.34. The Morgan fingerprint density at radius 2 is 1.73 bits per heavy atom. The Kier molecular flexibility index (Phi) is 4.60. The van der Waals surface area contributed by atoms with Crippen LogP contribution in [0.3, 0.4) is 0 Å². The van der Waals surface area contributed by atoms with E-state index in [1.807, 2.05) is 0 Å². The van der Waals surface area contributed by atoms with Crippen LogP contribution in [0.15, 0.2) is 35.5 Å². The lowest BCUT2D eigenvalue weighted by atomic mass is 10.1. The van der Waals surface area contributed by atoms with Crippen molar-refractivity contribution in [3.63, 3.8) is 0 Å². The van der Waals surface area contributed by atoms with Crippen molar-refractivity contribution in [2.45, 2.75) is 34.1 Å². The Labute approximate surface area is 70.3 Å². The Morgan fingerprint density at radius 3 is 2.09 bits per heavy atom. The zero-order valence-corrected chi connectivity index (χ0v) is 8.07. The highest BCUT2D eigenvalue weighted by Gasteiger charge is 1.86. The van der Waals surface area contributed by atoms with Crippen molar-refractivity contribution in [3.05, 3.63) is 35.5 Å². The molecule has 0 radical (unpaired) electrons. The normalized spacial score (nSPS) is 11.1. The largest absolute Gasteiger partial charge is 0.0958 e. The molecule has 0 unspecified atom stereocenters. The monoisotopic (exact) mass is 150 g/mol. The van der Waals surface area contributed by atoms with E-state index in [0.29, 0.717) is 0 Å². The van der Waals surface area contributed by atoms with Gasteiger partial charge in [-0.3, -0.25) is 0 Å². The Hall–Kier alpha value is -0.780. The molecule has 0 bridgehead atoms. The van der Waals surface area contributed by atoms with Crippen LogP contribution in [0.4, 0.5) is 0 Å². The average molecular weight is 150 g/mol. The lowest BCUT2D eigenvalue weighted by Gasteiger charge is -1.96. The van der Waals surface area contributed by atoms with E-state index in [0.717, 1.165) is 6.42 Å². The number of rotatable bonds is 3. The summed E-state index contributed by atoms with van der Waals surface area (Å²) in [4.78, 5) is 0. The first kappa shape index (κ1) is 10.2. The van der Waals surface area contributed by atoms with Crippen molar-refractivity contribution in [2.75, 3.05) is 0 Å². The summed E-state index contributed by atoms with van der Waals surface area (Å²) in [6, 6.07) is 0. The molecule has 0 heteroatoms. The highest BCUT2D eigenvalue weighted by atomic mass is 13.9. The fourth-order valence-corrected chi connectivity index (χ4v) is 0.921. The minimum Gasteiger partial charge on any atom is -0.0958 e. The molecule has 0 aromatic carbocycles. The van der Waals surface area contributed by atoms with Crippen molar-refractivity contribution in [1.82, 2.24) is 0 Å². The molecule has 0 heterocycles. The molecular weight excluding hydrogens is 132 g/mol. The smallest absolute Gasteiger partial charge is 0.0313 e. The molecule has 62 valence electrons. The van der Waals surface area contributed by atoms with Crippen molar-refractivity contribution in [2.24, 2.45) is 0 Å². The predicted octanol–water partition coefficient (Wildman–Crippen LogP) is 3.87. The van der Waals surface area contributed by atoms with Crippen LogP contribution in [0.1, 0.15) is 34.1 Å². The van der Waals surface area contributed by atoms with E-state index in [9.17, 15) is 0 Å². The van der Waals surface area contributed by atoms with E-state index < -0.39 is 0 Å².